The van der Waals surface area contributed by atoms with Crippen LogP contribution in [0.4, 0.5) is 14.8 Å². The van der Waals surface area contributed by atoms with Crippen LogP contribution in [0.15, 0.2) is 22.7 Å². The highest BCUT2D eigenvalue weighted by molar-refractivity contribution is 7.88. The van der Waals surface area contributed by atoms with Crippen molar-refractivity contribution >= 4 is 16.0 Å². The lowest BCUT2D eigenvalue weighted by molar-refractivity contribution is 0.330. The van der Waals surface area contributed by atoms with E-state index in [1.165, 1.54) is 0 Å². The molecule has 0 aliphatic heterocycles. The summed E-state index contributed by atoms with van der Waals surface area (Å²) in [5.74, 6) is -0.933. The molecule has 0 unspecified atom stereocenters. The van der Waals surface area contributed by atoms with Crippen molar-refractivity contribution in [2.75, 3.05) is 18.1 Å². The Morgan fingerprint density at radius 1 is 1.23 bits per heavy atom. The van der Waals surface area contributed by atoms with Gasteiger partial charge in [0, 0.05) is 12.6 Å². The van der Waals surface area contributed by atoms with Gasteiger partial charge in [-0.05, 0) is 49.8 Å². The van der Waals surface area contributed by atoms with Gasteiger partial charge in [-0.1, -0.05) is 5.16 Å². The Kier molecular flexibility index (Phi) is 5.52. The molecule has 0 saturated heterocycles. The lowest BCUT2D eigenvalue weighted by atomic mass is 9.86. The van der Waals surface area contributed by atoms with Crippen LogP contribution in [0.5, 0.6) is 0 Å². The number of hydrogen-bond acceptors (Lipinski definition) is 6. The average Bonchev–Trinajstić information content (AvgIpc) is 3.04. The van der Waals surface area contributed by atoms with E-state index in [2.05, 4.69) is 20.2 Å². The number of halogens is 2. The van der Waals surface area contributed by atoms with Crippen molar-refractivity contribution in [2.24, 2.45) is 5.92 Å². The van der Waals surface area contributed by atoms with E-state index in [0.29, 0.717) is 12.5 Å². The van der Waals surface area contributed by atoms with Crippen molar-refractivity contribution in [3.8, 4) is 11.4 Å². The van der Waals surface area contributed by atoms with E-state index in [1.807, 2.05) is 0 Å². The fourth-order valence-electron chi connectivity index (χ4n) is 3.02. The first kappa shape index (κ1) is 18.7. The second-order valence-corrected chi connectivity index (χ2v) is 8.36. The summed E-state index contributed by atoms with van der Waals surface area (Å²) in [7, 11) is -3.17. The van der Waals surface area contributed by atoms with Gasteiger partial charge in [0.1, 0.15) is 11.6 Å². The van der Waals surface area contributed by atoms with Crippen LogP contribution in [-0.2, 0) is 10.0 Å². The van der Waals surface area contributed by atoms with Crippen LogP contribution in [0.1, 0.15) is 25.7 Å². The maximum atomic E-state index is 13.8. The Morgan fingerprint density at radius 3 is 2.65 bits per heavy atom. The van der Waals surface area contributed by atoms with Gasteiger partial charge in [-0.3, -0.25) is 0 Å². The van der Waals surface area contributed by atoms with Crippen molar-refractivity contribution in [3.63, 3.8) is 0 Å². The molecule has 26 heavy (non-hydrogen) atoms. The quantitative estimate of drug-likeness (QED) is 0.792. The van der Waals surface area contributed by atoms with Gasteiger partial charge in [0.25, 0.3) is 0 Å². The summed E-state index contributed by atoms with van der Waals surface area (Å²) in [4.78, 5) is 4.08. The van der Waals surface area contributed by atoms with E-state index in [1.54, 1.807) is 0 Å². The highest BCUT2D eigenvalue weighted by Gasteiger charge is 2.23. The molecule has 142 valence electrons. The summed E-state index contributed by atoms with van der Waals surface area (Å²) in [6.45, 7) is 0.440. The third-order valence-corrected chi connectivity index (χ3v) is 5.09. The maximum Gasteiger partial charge on any atom is 0.322 e. The van der Waals surface area contributed by atoms with Crippen LogP contribution >= 0.6 is 0 Å². The molecule has 0 radical (unpaired) electrons. The summed E-state index contributed by atoms with van der Waals surface area (Å²) < 4.78 is 56.9. The second-order valence-electron chi connectivity index (χ2n) is 6.53. The molecule has 0 atom stereocenters. The number of nitrogens with one attached hydrogen (secondary N) is 2. The number of anilines is 1. The molecule has 1 aromatic carbocycles. The molecular weight excluding hydrogens is 366 g/mol. The van der Waals surface area contributed by atoms with Crippen molar-refractivity contribution in [1.29, 1.82) is 0 Å². The van der Waals surface area contributed by atoms with Gasteiger partial charge in [0.05, 0.1) is 11.8 Å². The minimum absolute atomic E-state index is 0.0180. The van der Waals surface area contributed by atoms with Crippen molar-refractivity contribution in [3.05, 3.63) is 29.8 Å². The molecule has 0 amide bonds. The molecule has 1 saturated carbocycles. The van der Waals surface area contributed by atoms with Crippen LogP contribution < -0.4 is 10.0 Å². The lowest BCUT2D eigenvalue weighted by Crippen LogP contribution is -2.33. The number of sulfonamides is 1. The van der Waals surface area contributed by atoms with Crippen LogP contribution in [-0.4, -0.2) is 37.4 Å². The van der Waals surface area contributed by atoms with Gasteiger partial charge in [-0.2, -0.15) is 4.98 Å². The SMILES string of the molecule is CS(=O)(=O)NC[C@H]1CC[C@H](Nc2nc(-c3cc(F)ccc3F)no2)CC1. The molecule has 3 rings (SSSR count). The standard InChI is InChI=1S/C16H20F2N4O3S/c1-26(23,24)19-9-10-2-5-12(6-3-10)20-16-21-15(22-25-16)13-8-11(17)4-7-14(13)18/h4,7-8,10,12,19H,2-3,5-6,9H2,1H3,(H,20,21,22)/t10-,12-. The zero-order valence-electron chi connectivity index (χ0n) is 14.2. The molecule has 2 aromatic rings. The van der Waals surface area contributed by atoms with E-state index < -0.39 is 21.7 Å². The molecule has 1 fully saturated rings. The zero-order valence-corrected chi connectivity index (χ0v) is 15.0. The first-order chi connectivity index (χ1) is 12.3. The fourth-order valence-corrected chi connectivity index (χ4v) is 3.55. The first-order valence-electron chi connectivity index (χ1n) is 8.30. The molecular formula is C16H20F2N4O3S. The molecule has 7 nitrogen and oxygen atoms in total. The van der Waals surface area contributed by atoms with Crippen LogP contribution in [0.3, 0.4) is 0 Å². The molecule has 0 spiro atoms. The third-order valence-electron chi connectivity index (χ3n) is 4.40. The van der Waals surface area contributed by atoms with Crippen LogP contribution in [0.25, 0.3) is 11.4 Å². The number of benzene rings is 1. The van der Waals surface area contributed by atoms with Crippen molar-refractivity contribution < 1.29 is 21.7 Å². The minimum atomic E-state index is -3.17. The van der Waals surface area contributed by atoms with E-state index >= 15 is 0 Å². The summed E-state index contributed by atoms with van der Waals surface area (Å²) >= 11 is 0. The topological polar surface area (TPSA) is 97.1 Å². The molecule has 1 aromatic heterocycles. The van der Waals surface area contributed by atoms with Gasteiger partial charge in [-0.15, -0.1) is 0 Å². The van der Waals surface area contributed by atoms with Gasteiger partial charge in [0.15, 0.2) is 0 Å². The Morgan fingerprint density at radius 2 is 1.96 bits per heavy atom. The van der Waals surface area contributed by atoms with Gasteiger partial charge in [-0.25, -0.2) is 21.9 Å². The molecule has 0 bridgehead atoms. The smallest absolute Gasteiger partial charge is 0.322 e. The van der Waals surface area contributed by atoms with Crippen molar-refractivity contribution in [2.45, 2.75) is 31.7 Å². The number of hydrogen-bond donors (Lipinski definition) is 2. The highest BCUT2D eigenvalue weighted by atomic mass is 32.2. The predicted octanol–water partition coefficient (Wildman–Crippen LogP) is 2.53. The number of aromatic nitrogens is 2. The molecule has 1 heterocycles. The lowest BCUT2D eigenvalue weighted by Gasteiger charge is -2.28. The Hall–Kier alpha value is -2.07. The number of rotatable bonds is 6. The summed E-state index contributed by atoms with van der Waals surface area (Å²) in [5, 5.41) is 6.80. The molecule has 2 N–H and O–H groups in total. The molecule has 1 aliphatic carbocycles. The normalized spacial score (nSPS) is 20.9. The first-order valence-corrected chi connectivity index (χ1v) is 10.2. The molecule has 10 heteroatoms. The zero-order chi connectivity index (χ0) is 18.7. The largest absolute Gasteiger partial charge is 0.335 e. The van der Waals surface area contributed by atoms with Gasteiger partial charge < -0.3 is 9.84 Å². The van der Waals surface area contributed by atoms with Crippen LogP contribution in [0, 0.1) is 17.6 Å². The fraction of sp³-hybridized carbons (Fsp3) is 0.500. The van der Waals surface area contributed by atoms with Crippen molar-refractivity contribution in [1.82, 2.24) is 14.9 Å². The predicted molar refractivity (Wildman–Crippen MR) is 91.9 cm³/mol. The summed E-state index contributed by atoms with van der Waals surface area (Å²) in [6.07, 6.45) is 4.51. The maximum absolute atomic E-state index is 13.8. The summed E-state index contributed by atoms with van der Waals surface area (Å²) in [6, 6.07) is 3.32. The monoisotopic (exact) mass is 386 g/mol. The highest BCUT2D eigenvalue weighted by Crippen LogP contribution is 2.27. The Balaban J connectivity index is 1.55. The molecule has 1 aliphatic rings. The van der Waals surface area contributed by atoms with Gasteiger partial charge in [0.2, 0.25) is 15.8 Å². The van der Waals surface area contributed by atoms with E-state index in [0.717, 1.165) is 50.1 Å². The minimum Gasteiger partial charge on any atom is -0.335 e. The Bertz CT molecular complexity index is 864. The average molecular weight is 386 g/mol. The summed E-state index contributed by atoms with van der Waals surface area (Å²) in [5.41, 5.74) is -0.0580. The number of nitrogens with zero attached hydrogens (tertiary/aromatic N) is 2. The van der Waals surface area contributed by atoms with E-state index in [-0.39, 0.29) is 23.4 Å². The third kappa shape index (κ3) is 4.98. The van der Waals surface area contributed by atoms with E-state index in [9.17, 15) is 17.2 Å². The second kappa shape index (κ2) is 7.67. The van der Waals surface area contributed by atoms with E-state index in [4.69, 9.17) is 4.52 Å². The Labute approximate surface area is 150 Å². The van der Waals surface area contributed by atoms with Crippen LogP contribution in [0.2, 0.25) is 0 Å². The van der Waals surface area contributed by atoms with Gasteiger partial charge >= 0.3 is 6.01 Å².